The van der Waals surface area contributed by atoms with Gasteiger partial charge in [0, 0.05) is 24.1 Å². The standard InChI is InChI=1S/C12H15BrN4OS/c1-4-17-9(11(13)8(3)16-17)6-19-12-14-7(2)5-10(18)15-12/h5H,4,6H2,1-3H3,(H,14,15,18). The third-order valence-corrected chi connectivity index (χ3v) is 4.56. The molecule has 0 amide bonds. The number of hydrogen-bond donors (Lipinski definition) is 1. The Balaban J connectivity index is 2.21. The second-order valence-electron chi connectivity index (χ2n) is 4.14. The fourth-order valence-corrected chi connectivity index (χ4v) is 3.32. The number of aromatic nitrogens is 4. The fraction of sp³-hybridized carbons (Fsp3) is 0.417. The van der Waals surface area contributed by atoms with E-state index in [0.717, 1.165) is 28.1 Å². The highest BCUT2D eigenvalue weighted by Crippen LogP contribution is 2.27. The van der Waals surface area contributed by atoms with Gasteiger partial charge in [0.15, 0.2) is 5.16 Å². The van der Waals surface area contributed by atoms with E-state index in [9.17, 15) is 4.79 Å². The van der Waals surface area contributed by atoms with Gasteiger partial charge in [-0.1, -0.05) is 11.8 Å². The number of halogens is 1. The van der Waals surface area contributed by atoms with Crippen LogP contribution >= 0.6 is 27.7 Å². The number of rotatable bonds is 4. The zero-order valence-electron chi connectivity index (χ0n) is 11.0. The van der Waals surface area contributed by atoms with Crippen molar-refractivity contribution in [1.29, 1.82) is 0 Å². The Kier molecular flexibility index (Phi) is 4.46. The van der Waals surface area contributed by atoms with Crippen molar-refractivity contribution in [3.05, 3.63) is 38.0 Å². The van der Waals surface area contributed by atoms with Crippen molar-refractivity contribution >= 4 is 27.7 Å². The molecule has 2 heterocycles. The molecule has 0 atom stereocenters. The molecule has 2 aromatic heterocycles. The van der Waals surface area contributed by atoms with Crippen molar-refractivity contribution in [3.63, 3.8) is 0 Å². The highest BCUT2D eigenvalue weighted by molar-refractivity contribution is 9.10. The monoisotopic (exact) mass is 342 g/mol. The number of hydrogen-bond acceptors (Lipinski definition) is 4. The van der Waals surface area contributed by atoms with E-state index in [1.54, 1.807) is 0 Å². The maximum Gasteiger partial charge on any atom is 0.251 e. The minimum atomic E-state index is -0.116. The summed E-state index contributed by atoms with van der Waals surface area (Å²) in [7, 11) is 0. The van der Waals surface area contributed by atoms with Crippen LogP contribution in [-0.4, -0.2) is 19.7 Å². The third kappa shape index (κ3) is 3.27. The van der Waals surface area contributed by atoms with Gasteiger partial charge in [-0.3, -0.25) is 9.48 Å². The largest absolute Gasteiger partial charge is 0.301 e. The average Bonchev–Trinajstić information content (AvgIpc) is 2.62. The Morgan fingerprint density at radius 3 is 2.84 bits per heavy atom. The van der Waals surface area contributed by atoms with Gasteiger partial charge in [0.1, 0.15) is 0 Å². The zero-order valence-corrected chi connectivity index (χ0v) is 13.4. The van der Waals surface area contributed by atoms with Crippen LogP contribution in [0.15, 0.2) is 20.5 Å². The van der Waals surface area contributed by atoms with Crippen molar-refractivity contribution in [2.24, 2.45) is 0 Å². The smallest absolute Gasteiger partial charge is 0.251 e. The number of nitrogens with zero attached hydrogens (tertiary/aromatic N) is 3. The lowest BCUT2D eigenvalue weighted by Gasteiger charge is -2.05. The molecule has 0 saturated heterocycles. The molecule has 1 N–H and O–H groups in total. The highest BCUT2D eigenvalue weighted by atomic mass is 79.9. The van der Waals surface area contributed by atoms with Gasteiger partial charge in [0.25, 0.3) is 5.56 Å². The van der Waals surface area contributed by atoms with Crippen LogP contribution in [0.3, 0.4) is 0 Å². The molecule has 0 spiro atoms. The quantitative estimate of drug-likeness (QED) is 0.685. The van der Waals surface area contributed by atoms with Crippen molar-refractivity contribution in [2.75, 3.05) is 0 Å². The molecule has 0 unspecified atom stereocenters. The van der Waals surface area contributed by atoms with E-state index in [4.69, 9.17) is 0 Å². The maximum absolute atomic E-state index is 11.4. The number of thioether (sulfide) groups is 1. The summed E-state index contributed by atoms with van der Waals surface area (Å²) >= 11 is 5.06. The van der Waals surface area contributed by atoms with E-state index in [-0.39, 0.29) is 5.56 Å². The molecule has 0 aliphatic carbocycles. The summed E-state index contributed by atoms with van der Waals surface area (Å²) in [4.78, 5) is 18.4. The third-order valence-electron chi connectivity index (χ3n) is 2.65. The molecular formula is C12H15BrN4OS. The molecule has 0 radical (unpaired) electrons. The maximum atomic E-state index is 11.4. The van der Waals surface area contributed by atoms with Crippen LogP contribution in [-0.2, 0) is 12.3 Å². The molecule has 0 fully saturated rings. The molecular weight excluding hydrogens is 328 g/mol. The van der Waals surface area contributed by atoms with E-state index >= 15 is 0 Å². The van der Waals surface area contributed by atoms with Gasteiger partial charge in [0.05, 0.1) is 15.9 Å². The molecule has 7 heteroatoms. The van der Waals surface area contributed by atoms with Gasteiger partial charge < -0.3 is 4.98 Å². The van der Waals surface area contributed by atoms with Gasteiger partial charge in [-0.2, -0.15) is 5.10 Å². The molecule has 0 aromatic carbocycles. The zero-order chi connectivity index (χ0) is 14.0. The molecule has 0 bridgehead atoms. The van der Waals surface area contributed by atoms with Crippen molar-refractivity contribution < 1.29 is 0 Å². The lowest BCUT2D eigenvalue weighted by atomic mass is 10.4. The van der Waals surface area contributed by atoms with Crippen LogP contribution in [0.5, 0.6) is 0 Å². The second-order valence-corrected chi connectivity index (χ2v) is 5.90. The molecule has 0 aliphatic heterocycles. The first kappa shape index (κ1) is 14.3. The Bertz CT molecular complexity index is 650. The summed E-state index contributed by atoms with van der Waals surface area (Å²) in [6.45, 7) is 6.66. The van der Waals surface area contributed by atoms with E-state index in [0.29, 0.717) is 10.9 Å². The SMILES string of the molecule is CCn1nc(C)c(Br)c1CSc1nc(C)cc(=O)[nH]1. The number of H-pyrrole nitrogens is 1. The summed E-state index contributed by atoms with van der Waals surface area (Å²) in [5.74, 6) is 0.710. The summed E-state index contributed by atoms with van der Waals surface area (Å²) in [5.41, 5.74) is 2.69. The van der Waals surface area contributed by atoms with Gasteiger partial charge in [-0.25, -0.2) is 4.98 Å². The van der Waals surface area contributed by atoms with E-state index in [1.807, 2.05) is 18.5 Å². The summed E-state index contributed by atoms with van der Waals surface area (Å²) in [5, 5.41) is 5.08. The van der Waals surface area contributed by atoms with Crippen LogP contribution in [0.4, 0.5) is 0 Å². The molecule has 2 aromatic rings. The van der Waals surface area contributed by atoms with Crippen LogP contribution < -0.4 is 5.56 Å². The second kappa shape index (κ2) is 5.92. The van der Waals surface area contributed by atoms with Crippen LogP contribution in [0, 0.1) is 13.8 Å². The lowest BCUT2D eigenvalue weighted by molar-refractivity contribution is 0.631. The Morgan fingerprint density at radius 2 is 2.21 bits per heavy atom. The molecule has 19 heavy (non-hydrogen) atoms. The first-order chi connectivity index (χ1) is 9.01. The average molecular weight is 343 g/mol. The molecule has 0 aliphatic rings. The highest BCUT2D eigenvalue weighted by Gasteiger charge is 2.12. The normalized spacial score (nSPS) is 10.9. The predicted molar refractivity (Wildman–Crippen MR) is 79.5 cm³/mol. The van der Waals surface area contributed by atoms with Crippen LogP contribution in [0.25, 0.3) is 0 Å². The van der Waals surface area contributed by atoms with Crippen LogP contribution in [0.2, 0.25) is 0 Å². The molecule has 102 valence electrons. The first-order valence-corrected chi connectivity index (χ1v) is 7.71. The van der Waals surface area contributed by atoms with Gasteiger partial charge in [-0.05, 0) is 36.7 Å². The minimum Gasteiger partial charge on any atom is -0.301 e. The summed E-state index contributed by atoms with van der Waals surface area (Å²) in [6.07, 6.45) is 0. The van der Waals surface area contributed by atoms with Crippen molar-refractivity contribution in [2.45, 2.75) is 38.2 Å². The summed E-state index contributed by atoms with van der Waals surface area (Å²) < 4.78 is 2.98. The first-order valence-electron chi connectivity index (χ1n) is 5.93. The number of aromatic amines is 1. The van der Waals surface area contributed by atoms with E-state index < -0.39 is 0 Å². The topological polar surface area (TPSA) is 63.6 Å². The Morgan fingerprint density at radius 1 is 1.47 bits per heavy atom. The molecule has 5 nitrogen and oxygen atoms in total. The Labute approximate surface area is 124 Å². The molecule has 2 rings (SSSR count). The molecule has 0 saturated carbocycles. The van der Waals surface area contributed by atoms with Gasteiger partial charge >= 0.3 is 0 Å². The van der Waals surface area contributed by atoms with Gasteiger partial charge in [0.2, 0.25) is 0 Å². The number of aryl methyl sites for hydroxylation is 3. The van der Waals surface area contributed by atoms with E-state index in [1.165, 1.54) is 17.8 Å². The van der Waals surface area contributed by atoms with Crippen molar-refractivity contribution in [3.8, 4) is 0 Å². The van der Waals surface area contributed by atoms with E-state index in [2.05, 4.69) is 37.9 Å². The fourth-order valence-electron chi connectivity index (χ4n) is 1.76. The van der Waals surface area contributed by atoms with Crippen LogP contribution in [0.1, 0.15) is 24.0 Å². The Hall–Kier alpha value is -1.08. The predicted octanol–water partition coefficient (Wildman–Crippen LogP) is 2.66. The number of nitrogens with one attached hydrogen (secondary N) is 1. The van der Waals surface area contributed by atoms with Gasteiger partial charge in [-0.15, -0.1) is 0 Å². The lowest BCUT2D eigenvalue weighted by Crippen LogP contribution is -2.08. The summed E-state index contributed by atoms with van der Waals surface area (Å²) in [6, 6.07) is 1.49. The minimum absolute atomic E-state index is 0.116. The van der Waals surface area contributed by atoms with Crippen molar-refractivity contribution in [1.82, 2.24) is 19.7 Å².